The zero-order valence-corrected chi connectivity index (χ0v) is 10.3. The van der Waals surface area contributed by atoms with E-state index in [2.05, 4.69) is 4.74 Å². The summed E-state index contributed by atoms with van der Waals surface area (Å²) >= 11 is 1.29. The van der Waals surface area contributed by atoms with Gasteiger partial charge in [-0.1, -0.05) is 18.2 Å². The van der Waals surface area contributed by atoms with Crippen LogP contribution in [0.1, 0.15) is 11.0 Å². The second kappa shape index (κ2) is 4.68. The quantitative estimate of drug-likeness (QED) is 0.829. The summed E-state index contributed by atoms with van der Waals surface area (Å²) < 4.78 is 37.0. The molecule has 1 unspecified atom stereocenters. The van der Waals surface area contributed by atoms with E-state index in [1.165, 1.54) is 18.4 Å². The summed E-state index contributed by atoms with van der Waals surface area (Å²) in [4.78, 5) is 0.459. The lowest BCUT2D eigenvalue weighted by atomic mass is 10.2. The highest BCUT2D eigenvalue weighted by Gasteiger charge is 2.42. The van der Waals surface area contributed by atoms with Crippen molar-refractivity contribution in [2.45, 2.75) is 12.2 Å². The standard InChI is InChI=1S/C12H12F2O2S/c1-15-11(12(13,14)16-2)10-7-8-5-3-4-6-9(8)17-10/h3-7,11H,1-2H3. The van der Waals surface area contributed by atoms with Crippen LogP contribution in [0.5, 0.6) is 0 Å². The Morgan fingerprint density at radius 2 is 1.94 bits per heavy atom. The van der Waals surface area contributed by atoms with Crippen molar-refractivity contribution in [1.82, 2.24) is 0 Å². The summed E-state index contributed by atoms with van der Waals surface area (Å²) in [7, 11) is 2.22. The Morgan fingerprint density at radius 3 is 2.53 bits per heavy atom. The van der Waals surface area contributed by atoms with Crippen LogP contribution in [-0.4, -0.2) is 20.3 Å². The molecule has 0 saturated carbocycles. The van der Waals surface area contributed by atoms with E-state index in [4.69, 9.17) is 4.74 Å². The molecule has 2 nitrogen and oxygen atoms in total. The van der Waals surface area contributed by atoms with Gasteiger partial charge in [-0.2, -0.15) is 8.78 Å². The minimum Gasteiger partial charge on any atom is -0.367 e. The molecule has 5 heteroatoms. The first-order chi connectivity index (χ1) is 8.08. The van der Waals surface area contributed by atoms with Crippen molar-refractivity contribution >= 4 is 21.4 Å². The van der Waals surface area contributed by atoms with Crippen molar-refractivity contribution < 1.29 is 18.3 Å². The van der Waals surface area contributed by atoms with Gasteiger partial charge in [0.1, 0.15) is 0 Å². The van der Waals surface area contributed by atoms with E-state index in [-0.39, 0.29) is 0 Å². The lowest BCUT2D eigenvalue weighted by Crippen LogP contribution is -2.29. The number of hydrogen-bond donors (Lipinski definition) is 0. The van der Waals surface area contributed by atoms with Crippen molar-refractivity contribution in [3.8, 4) is 0 Å². The summed E-state index contributed by atoms with van der Waals surface area (Å²) in [6.45, 7) is 0. The third-order valence-electron chi connectivity index (χ3n) is 2.52. The van der Waals surface area contributed by atoms with Crippen molar-refractivity contribution in [3.63, 3.8) is 0 Å². The summed E-state index contributed by atoms with van der Waals surface area (Å²) in [5, 5.41) is 0.932. The van der Waals surface area contributed by atoms with E-state index in [9.17, 15) is 8.78 Å². The van der Waals surface area contributed by atoms with E-state index in [1.807, 2.05) is 24.3 Å². The van der Waals surface area contributed by atoms with Gasteiger partial charge in [0.25, 0.3) is 0 Å². The van der Waals surface area contributed by atoms with E-state index >= 15 is 0 Å². The molecule has 0 fully saturated rings. The fourth-order valence-corrected chi connectivity index (χ4v) is 2.83. The van der Waals surface area contributed by atoms with Crippen LogP contribution >= 0.6 is 11.3 Å². The number of fused-ring (bicyclic) bond motifs is 1. The third kappa shape index (κ3) is 2.31. The van der Waals surface area contributed by atoms with Gasteiger partial charge in [-0.3, -0.25) is 0 Å². The first-order valence-electron chi connectivity index (χ1n) is 5.02. The normalized spacial score (nSPS) is 14.1. The number of halogens is 2. The van der Waals surface area contributed by atoms with Crippen LogP contribution in [-0.2, 0) is 9.47 Å². The van der Waals surface area contributed by atoms with Gasteiger partial charge >= 0.3 is 6.11 Å². The van der Waals surface area contributed by atoms with Gasteiger partial charge in [0.05, 0.1) is 0 Å². The number of rotatable bonds is 4. The minimum absolute atomic E-state index is 0.459. The fraction of sp³-hybridized carbons (Fsp3) is 0.333. The van der Waals surface area contributed by atoms with E-state index in [1.54, 1.807) is 6.07 Å². The van der Waals surface area contributed by atoms with Gasteiger partial charge in [0.2, 0.25) is 0 Å². The Kier molecular flexibility index (Phi) is 3.42. The molecule has 0 spiro atoms. The fourth-order valence-electron chi connectivity index (χ4n) is 1.66. The Bertz CT molecular complexity index is 477. The third-order valence-corrected chi connectivity index (χ3v) is 3.68. The number of alkyl halides is 2. The van der Waals surface area contributed by atoms with Crippen molar-refractivity contribution in [1.29, 1.82) is 0 Å². The van der Waals surface area contributed by atoms with Crippen molar-refractivity contribution in [2.75, 3.05) is 14.2 Å². The molecule has 0 aliphatic carbocycles. The first kappa shape index (κ1) is 12.4. The number of hydrogen-bond acceptors (Lipinski definition) is 3. The highest BCUT2D eigenvalue weighted by molar-refractivity contribution is 7.19. The van der Waals surface area contributed by atoms with Crippen LogP contribution in [0.2, 0.25) is 0 Å². The van der Waals surface area contributed by atoms with Gasteiger partial charge in [0, 0.05) is 23.8 Å². The molecule has 17 heavy (non-hydrogen) atoms. The monoisotopic (exact) mass is 258 g/mol. The van der Waals surface area contributed by atoms with Gasteiger partial charge in [-0.25, -0.2) is 0 Å². The maximum Gasteiger partial charge on any atom is 0.386 e. The van der Waals surface area contributed by atoms with Gasteiger partial charge in [-0.15, -0.1) is 11.3 Å². The van der Waals surface area contributed by atoms with Crippen molar-refractivity contribution in [3.05, 3.63) is 35.2 Å². The molecule has 0 aliphatic heterocycles. The van der Waals surface area contributed by atoms with Crippen LogP contribution in [0.15, 0.2) is 30.3 Å². The average Bonchev–Trinajstić information content (AvgIpc) is 2.72. The first-order valence-corrected chi connectivity index (χ1v) is 5.84. The highest BCUT2D eigenvalue weighted by atomic mass is 32.1. The zero-order valence-electron chi connectivity index (χ0n) is 9.44. The molecule has 1 aromatic heterocycles. The topological polar surface area (TPSA) is 18.5 Å². The molecular formula is C12H12F2O2S. The van der Waals surface area contributed by atoms with Crippen LogP contribution in [0, 0.1) is 0 Å². The largest absolute Gasteiger partial charge is 0.386 e. The number of methoxy groups -OCH3 is 2. The maximum atomic E-state index is 13.5. The lowest BCUT2D eigenvalue weighted by molar-refractivity contribution is -0.283. The summed E-state index contributed by atoms with van der Waals surface area (Å²) in [6, 6.07) is 9.23. The second-order valence-corrected chi connectivity index (χ2v) is 4.68. The van der Waals surface area contributed by atoms with E-state index < -0.39 is 12.2 Å². The molecule has 1 heterocycles. The van der Waals surface area contributed by atoms with E-state index in [0.717, 1.165) is 17.2 Å². The molecule has 0 saturated heterocycles. The van der Waals surface area contributed by atoms with E-state index in [0.29, 0.717) is 4.88 Å². The molecule has 1 aromatic carbocycles. The average molecular weight is 258 g/mol. The number of ether oxygens (including phenoxy) is 2. The summed E-state index contributed by atoms with van der Waals surface area (Å²) in [5.74, 6) is 0. The van der Waals surface area contributed by atoms with Gasteiger partial charge in [0.15, 0.2) is 6.10 Å². The number of benzene rings is 1. The summed E-state index contributed by atoms with van der Waals surface area (Å²) in [6.07, 6.45) is -4.69. The molecule has 92 valence electrons. The molecule has 0 aliphatic rings. The maximum absolute atomic E-state index is 13.5. The minimum atomic E-state index is -3.32. The Hall–Kier alpha value is -1.04. The molecule has 2 rings (SSSR count). The van der Waals surface area contributed by atoms with Gasteiger partial charge in [-0.05, 0) is 17.5 Å². The lowest BCUT2D eigenvalue weighted by Gasteiger charge is -2.22. The predicted molar refractivity (Wildman–Crippen MR) is 63.5 cm³/mol. The molecule has 2 aromatic rings. The molecule has 0 bridgehead atoms. The molecule has 0 N–H and O–H groups in total. The van der Waals surface area contributed by atoms with Crippen molar-refractivity contribution in [2.24, 2.45) is 0 Å². The molecule has 0 radical (unpaired) electrons. The Morgan fingerprint density at radius 1 is 1.24 bits per heavy atom. The predicted octanol–water partition coefficient (Wildman–Crippen LogP) is 3.83. The Balaban J connectivity index is 2.43. The van der Waals surface area contributed by atoms with Gasteiger partial charge < -0.3 is 9.47 Å². The summed E-state index contributed by atoms with van der Waals surface area (Å²) in [5.41, 5.74) is 0. The molecule has 0 amide bonds. The van der Waals surface area contributed by atoms with Crippen LogP contribution in [0.3, 0.4) is 0 Å². The van der Waals surface area contributed by atoms with Crippen LogP contribution in [0.25, 0.3) is 10.1 Å². The van der Waals surface area contributed by atoms with Crippen LogP contribution < -0.4 is 0 Å². The number of thiophene rings is 1. The second-order valence-electron chi connectivity index (χ2n) is 3.57. The van der Waals surface area contributed by atoms with Crippen LogP contribution in [0.4, 0.5) is 8.78 Å². The Labute approximate surface area is 102 Å². The SMILES string of the molecule is COC(c1cc2ccccc2s1)C(F)(F)OC. The molecule has 1 atom stereocenters. The molecular weight excluding hydrogens is 246 g/mol. The zero-order chi connectivity index (χ0) is 12.5. The smallest absolute Gasteiger partial charge is 0.367 e. The highest BCUT2D eigenvalue weighted by Crippen LogP contribution is 2.40.